The average Bonchev–Trinajstić information content (AvgIpc) is 3.00. The van der Waals surface area contributed by atoms with Gasteiger partial charge in [0, 0.05) is 15.6 Å². The van der Waals surface area contributed by atoms with E-state index in [4.69, 9.17) is 11.6 Å². The van der Waals surface area contributed by atoms with E-state index in [0.29, 0.717) is 21.3 Å². The Bertz CT molecular complexity index is 997. The Hall–Kier alpha value is -1.83. The van der Waals surface area contributed by atoms with Crippen LogP contribution in [0.5, 0.6) is 0 Å². The second kappa shape index (κ2) is 7.59. The van der Waals surface area contributed by atoms with E-state index in [1.165, 1.54) is 27.7 Å². The highest BCUT2D eigenvalue weighted by Gasteiger charge is 2.16. The number of nitrogens with one attached hydrogen (secondary N) is 1. The van der Waals surface area contributed by atoms with Gasteiger partial charge in [0.05, 0.1) is 5.39 Å². The van der Waals surface area contributed by atoms with Gasteiger partial charge in [-0.05, 0) is 36.9 Å². The van der Waals surface area contributed by atoms with Crippen molar-refractivity contribution in [2.24, 2.45) is 0 Å². The van der Waals surface area contributed by atoms with Crippen LogP contribution < -0.4 is 10.9 Å². The van der Waals surface area contributed by atoms with Crippen molar-refractivity contribution in [1.82, 2.24) is 9.55 Å². The summed E-state index contributed by atoms with van der Waals surface area (Å²) in [5.41, 5.74) is 0.403. The molecule has 3 rings (SSSR count). The molecular formula is C17H16ClN3O2S2. The standard InChI is InChI=1S/C17H16ClN3O2S2/c1-3-12-8-13-15(25-12)20-17(24-2)21(16(13)23)9-14(22)19-11-6-4-5-10(18)7-11/h4-8H,3,9H2,1-2H3,(H,19,22). The van der Waals surface area contributed by atoms with E-state index in [1.807, 2.05) is 19.2 Å². The minimum Gasteiger partial charge on any atom is -0.324 e. The highest BCUT2D eigenvalue weighted by Crippen LogP contribution is 2.24. The molecule has 2 aromatic heterocycles. The first-order chi connectivity index (χ1) is 12.0. The molecule has 3 aromatic rings. The van der Waals surface area contributed by atoms with Crippen molar-refractivity contribution in [2.75, 3.05) is 11.6 Å². The maximum Gasteiger partial charge on any atom is 0.263 e. The number of aryl methyl sites for hydroxylation is 1. The second-order valence-corrected chi connectivity index (χ2v) is 7.66. The molecule has 0 radical (unpaired) electrons. The Kier molecular flexibility index (Phi) is 5.46. The fraction of sp³-hybridized carbons (Fsp3) is 0.235. The highest BCUT2D eigenvalue weighted by atomic mass is 35.5. The number of hydrogen-bond acceptors (Lipinski definition) is 5. The predicted molar refractivity (Wildman–Crippen MR) is 105 cm³/mol. The third kappa shape index (κ3) is 3.89. The van der Waals surface area contributed by atoms with Gasteiger partial charge in [0.15, 0.2) is 5.16 Å². The molecule has 0 unspecified atom stereocenters. The van der Waals surface area contributed by atoms with Crippen LogP contribution in [-0.2, 0) is 17.8 Å². The number of anilines is 1. The quantitative estimate of drug-likeness (QED) is 0.525. The number of fused-ring (bicyclic) bond motifs is 1. The summed E-state index contributed by atoms with van der Waals surface area (Å²) in [6.45, 7) is 1.94. The fourth-order valence-electron chi connectivity index (χ4n) is 2.43. The molecule has 2 heterocycles. The summed E-state index contributed by atoms with van der Waals surface area (Å²) in [6.07, 6.45) is 2.69. The van der Waals surface area contributed by atoms with Crippen molar-refractivity contribution in [2.45, 2.75) is 25.0 Å². The molecule has 8 heteroatoms. The van der Waals surface area contributed by atoms with E-state index in [2.05, 4.69) is 10.3 Å². The average molecular weight is 394 g/mol. The molecule has 0 fully saturated rings. The molecule has 0 aliphatic heterocycles. The van der Waals surface area contributed by atoms with E-state index in [9.17, 15) is 9.59 Å². The van der Waals surface area contributed by atoms with Crippen molar-refractivity contribution in [1.29, 1.82) is 0 Å². The van der Waals surface area contributed by atoms with E-state index < -0.39 is 0 Å². The number of amides is 1. The number of hydrogen-bond donors (Lipinski definition) is 1. The molecule has 0 aliphatic carbocycles. The summed E-state index contributed by atoms with van der Waals surface area (Å²) in [4.78, 5) is 31.5. The van der Waals surface area contributed by atoms with Crippen LogP contribution in [-0.4, -0.2) is 21.7 Å². The summed E-state index contributed by atoms with van der Waals surface area (Å²) in [6, 6.07) is 8.75. The van der Waals surface area contributed by atoms with Crippen molar-refractivity contribution >= 4 is 56.5 Å². The Balaban J connectivity index is 1.93. The molecule has 130 valence electrons. The number of benzene rings is 1. The molecule has 5 nitrogen and oxygen atoms in total. The van der Waals surface area contributed by atoms with Crippen molar-refractivity contribution in [3.8, 4) is 0 Å². The van der Waals surface area contributed by atoms with Crippen LogP contribution in [0.3, 0.4) is 0 Å². The van der Waals surface area contributed by atoms with Gasteiger partial charge in [0.25, 0.3) is 5.56 Å². The minimum atomic E-state index is -0.299. The largest absolute Gasteiger partial charge is 0.324 e. The van der Waals surface area contributed by atoms with Crippen LogP contribution in [0.15, 0.2) is 40.3 Å². The molecule has 0 aliphatic rings. The number of rotatable bonds is 5. The summed E-state index contributed by atoms with van der Waals surface area (Å²) < 4.78 is 1.42. The van der Waals surface area contributed by atoms with Gasteiger partial charge in [-0.3, -0.25) is 14.2 Å². The monoisotopic (exact) mass is 393 g/mol. The predicted octanol–water partition coefficient (Wildman–Crippen LogP) is 4.03. The van der Waals surface area contributed by atoms with Crippen LogP contribution >= 0.6 is 34.7 Å². The lowest BCUT2D eigenvalue weighted by Gasteiger charge is -2.11. The molecule has 0 spiro atoms. The van der Waals surface area contributed by atoms with Gasteiger partial charge in [0.2, 0.25) is 5.91 Å². The van der Waals surface area contributed by atoms with Gasteiger partial charge >= 0.3 is 0 Å². The number of aromatic nitrogens is 2. The number of nitrogens with zero attached hydrogens (tertiary/aromatic N) is 2. The van der Waals surface area contributed by atoms with Crippen LogP contribution in [0.2, 0.25) is 5.02 Å². The molecule has 0 saturated heterocycles. The van der Waals surface area contributed by atoms with Gasteiger partial charge in [0.1, 0.15) is 11.4 Å². The number of halogens is 1. The molecule has 0 saturated carbocycles. The van der Waals surface area contributed by atoms with E-state index in [1.54, 1.807) is 24.3 Å². The van der Waals surface area contributed by atoms with Crippen LogP contribution in [0, 0.1) is 0 Å². The number of carbonyl (C=O) groups is 1. The third-order valence-corrected chi connectivity index (χ3v) is 5.69. The Morgan fingerprint density at radius 1 is 1.40 bits per heavy atom. The fourth-order valence-corrected chi connectivity index (χ4v) is 4.18. The molecule has 0 atom stereocenters. The smallest absolute Gasteiger partial charge is 0.263 e. The van der Waals surface area contributed by atoms with Crippen LogP contribution in [0.4, 0.5) is 5.69 Å². The van der Waals surface area contributed by atoms with Gasteiger partial charge in [-0.15, -0.1) is 11.3 Å². The van der Waals surface area contributed by atoms with E-state index in [0.717, 1.165) is 16.1 Å². The Labute approximate surface area is 158 Å². The lowest BCUT2D eigenvalue weighted by molar-refractivity contribution is -0.116. The summed E-state index contributed by atoms with van der Waals surface area (Å²) in [5, 5.41) is 4.39. The van der Waals surface area contributed by atoms with Crippen LogP contribution in [0.25, 0.3) is 10.2 Å². The lowest BCUT2D eigenvalue weighted by Crippen LogP contribution is -2.29. The van der Waals surface area contributed by atoms with Gasteiger partial charge in [-0.2, -0.15) is 0 Å². The van der Waals surface area contributed by atoms with Crippen LogP contribution in [0.1, 0.15) is 11.8 Å². The summed E-state index contributed by atoms with van der Waals surface area (Å²) >= 11 is 8.79. The Morgan fingerprint density at radius 2 is 2.20 bits per heavy atom. The van der Waals surface area contributed by atoms with E-state index in [-0.39, 0.29) is 18.0 Å². The minimum absolute atomic E-state index is 0.0955. The second-order valence-electron chi connectivity index (χ2n) is 5.33. The van der Waals surface area contributed by atoms with Gasteiger partial charge in [-0.1, -0.05) is 36.4 Å². The molecule has 0 bridgehead atoms. The molecular weight excluding hydrogens is 378 g/mol. The van der Waals surface area contributed by atoms with Crippen molar-refractivity contribution in [3.63, 3.8) is 0 Å². The summed E-state index contributed by atoms with van der Waals surface area (Å²) in [7, 11) is 0. The first-order valence-electron chi connectivity index (χ1n) is 7.64. The molecule has 1 amide bonds. The van der Waals surface area contributed by atoms with Gasteiger partial charge in [-0.25, -0.2) is 4.98 Å². The SMILES string of the molecule is CCc1cc2c(=O)n(CC(=O)Nc3cccc(Cl)c3)c(SC)nc2s1. The third-order valence-electron chi connectivity index (χ3n) is 3.61. The number of thiophene rings is 1. The van der Waals surface area contributed by atoms with Gasteiger partial charge < -0.3 is 5.32 Å². The Morgan fingerprint density at radius 3 is 2.88 bits per heavy atom. The summed E-state index contributed by atoms with van der Waals surface area (Å²) in [5.74, 6) is -0.299. The number of carbonyl (C=O) groups excluding carboxylic acids is 1. The molecule has 25 heavy (non-hydrogen) atoms. The van der Waals surface area contributed by atoms with Crippen molar-refractivity contribution in [3.05, 3.63) is 50.6 Å². The normalized spacial score (nSPS) is 11.0. The topological polar surface area (TPSA) is 64.0 Å². The molecule has 1 N–H and O–H groups in total. The maximum atomic E-state index is 12.8. The maximum absolute atomic E-state index is 12.8. The zero-order valence-corrected chi connectivity index (χ0v) is 16.1. The number of thioether (sulfide) groups is 1. The lowest BCUT2D eigenvalue weighted by atomic mass is 10.3. The highest BCUT2D eigenvalue weighted by molar-refractivity contribution is 7.98. The molecule has 1 aromatic carbocycles. The zero-order chi connectivity index (χ0) is 18.0. The zero-order valence-electron chi connectivity index (χ0n) is 13.7. The van der Waals surface area contributed by atoms with Crippen molar-refractivity contribution < 1.29 is 4.79 Å². The first-order valence-corrected chi connectivity index (χ1v) is 10.1. The first kappa shape index (κ1) is 18.0. The van der Waals surface area contributed by atoms with E-state index >= 15 is 0 Å².